The molecule has 2 heterocycles. The van der Waals surface area contributed by atoms with Crippen LogP contribution in [0.15, 0.2) is 32.7 Å². The van der Waals surface area contributed by atoms with Crippen molar-refractivity contribution in [3.63, 3.8) is 0 Å². The third-order valence-corrected chi connectivity index (χ3v) is 4.80. The van der Waals surface area contributed by atoms with Crippen LogP contribution in [0.5, 0.6) is 0 Å². The van der Waals surface area contributed by atoms with E-state index < -0.39 is 0 Å². The predicted octanol–water partition coefficient (Wildman–Crippen LogP) is 4.29. The van der Waals surface area contributed by atoms with E-state index >= 15 is 0 Å². The smallest absolute Gasteiger partial charge is 0.0302 e. The second-order valence-corrected chi connectivity index (χ2v) is 6.54. The van der Waals surface area contributed by atoms with Crippen LogP contribution in [-0.2, 0) is 13.0 Å². The van der Waals surface area contributed by atoms with Crippen molar-refractivity contribution >= 4 is 38.6 Å². The summed E-state index contributed by atoms with van der Waals surface area (Å²) in [5, 5.41) is 10.0. The van der Waals surface area contributed by atoms with Crippen molar-refractivity contribution in [1.29, 1.82) is 0 Å². The van der Waals surface area contributed by atoms with Crippen LogP contribution in [0.2, 0.25) is 0 Å². The largest absolute Gasteiger partial charge is 0.309 e. The highest BCUT2D eigenvalue weighted by atomic mass is 79.9. The van der Waals surface area contributed by atoms with Gasteiger partial charge in [0.1, 0.15) is 0 Å². The Labute approximate surface area is 113 Å². The summed E-state index contributed by atoms with van der Waals surface area (Å²) < 4.78 is 1.18. The molecule has 1 atom stereocenters. The maximum atomic E-state index is 3.54. The van der Waals surface area contributed by atoms with Gasteiger partial charge in [0.2, 0.25) is 0 Å². The highest BCUT2D eigenvalue weighted by Crippen LogP contribution is 2.19. The van der Waals surface area contributed by atoms with Gasteiger partial charge in [-0.3, -0.25) is 0 Å². The van der Waals surface area contributed by atoms with Gasteiger partial charge in [0.25, 0.3) is 0 Å². The van der Waals surface area contributed by atoms with E-state index in [1.807, 2.05) is 0 Å². The maximum Gasteiger partial charge on any atom is 0.0302 e. The first-order valence-electron chi connectivity index (χ1n) is 5.21. The van der Waals surface area contributed by atoms with Crippen LogP contribution in [0.1, 0.15) is 17.4 Å². The van der Waals surface area contributed by atoms with Crippen LogP contribution in [0.4, 0.5) is 0 Å². The summed E-state index contributed by atoms with van der Waals surface area (Å²) in [7, 11) is 0. The van der Waals surface area contributed by atoms with Gasteiger partial charge in [-0.2, -0.15) is 11.3 Å². The molecule has 0 aliphatic heterocycles. The van der Waals surface area contributed by atoms with Gasteiger partial charge in [-0.1, -0.05) is 0 Å². The topological polar surface area (TPSA) is 12.0 Å². The molecule has 0 saturated carbocycles. The minimum absolute atomic E-state index is 0.524. The molecule has 0 spiro atoms. The van der Waals surface area contributed by atoms with Crippen LogP contribution >= 0.6 is 38.6 Å². The molecule has 0 bridgehead atoms. The fraction of sp³-hybridized carbons (Fsp3) is 0.333. The van der Waals surface area contributed by atoms with Gasteiger partial charge in [-0.25, -0.2) is 0 Å². The van der Waals surface area contributed by atoms with E-state index in [4.69, 9.17) is 0 Å². The summed E-state index contributed by atoms with van der Waals surface area (Å²) in [5.74, 6) is 0. The lowest BCUT2D eigenvalue weighted by Gasteiger charge is -2.11. The summed E-state index contributed by atoms with van der Waals surface area (Å²) in [4.78, 5) is 1.38. The molecule has 1 nitrogen and oxygen atoms in total. The lowest BCUT2D eigenvalue weighted by atomic mass is 10.1. The van der Waals surface area contributed by atoms with E-state index in [0.717, 1.165) is 13.0 Å². The molecule has 0 aromatic carbocycles. The minimum atomic E-state index is 0.524. The van der Waals surface area contributed by atoms with Crippen molar-refractivity contribution in [2.75, 3.05) is 0 Å². The molecule has 4 heteroatoms. The first-order chi connectivity index (χ1) is 7.74. The van der Waals surface area contributed by atoms with E-state index in [9.17, 15) is 0 Å². The van der Waals surface area contributed by atoms with Crippen molar-refractivity contribution in [3.05, 3.63) is 43.2 Å². The first-order valence-corrected chi connectivity index (χ1v) is 7.83. The molecule has 0 saturated heterocycles. The molecule has 86 valence electrons. The second-order valence-electron chi connectivity index (χ2n) is 3.85. The average Bonchev–Trinajstić information content (AvgIpc) is 2.87. The van der Waals surface area contributed by atoms with Crippen LogP contribution in [-0.4, -0.2) is 6.04 Å². The molecule has 0 radical (unpaired) electrons. The van der Waals surface area contributed by atoms with Crippen molar-refractivity contribution in [2.45, 2.75) is 25.9 Å². The highest BCUT2D eigenvalue weighted by molar-refractivity contribution is 9.10. The molecule has 16 heavy (non-hydrogen) atoms. The van der Waals surface area contributed by atoms with Crippen LogP contribution in [0.3, 0.4) is 0 Å². The van der Waals surface area contributed by atoms with E-state index in [-0.39, 0.29) is 0 Å². The van der Waals surface area contributed by atoms with Crippen molar-refractivity contribution in [1.82, 2.24) is 5.32 Å². The standard InChI is InChI=1S/C12H14BrNS2/c1-9(4-10-2-3-15-7-10)14-6-12-5-11(13)8-16-12/h2-3,5,7-9,14H,4,6H2,1H3. The SMILES string of the molecule is CC(Cc1ccsc1)NCc1cc(Br)cs1. The monoisotopic (exact) mass is 315 g/mol. The van der Waals surface area contributed by atoms with Gasteiger partial charge in [-0.15, -0.1) is 11.3 Å². The second kappa shape index (κ2) is 5.96. The Hall–Kier alpha value is -0.160. The average molecular weight is 316 g/mol. The number of halogens is 1. The molecule has 0 fully saturated rings. The Balaban J connectivity index is 1.77. The number of hydrogen-bond acceptors (Lipinski definition) is 3. The summed E-state index contributed by atoms with van der Waals surface area (Å²) in [6.07, 6.45) is 1.11. The Morgan fingerprint density at radius 3 is 2.94 bits per heavy atom. The number of rotatable bonds is 5. The quantitative estimate of drug-likeness (QED) is 0.867. The van der Waals surface area contributed by atoms with Gasteiger partial charge in [0.05, 0.1) is 0 Å². The molecule has 0 aliphatic carbocycles. The highest BCUT2D eigenvalue weighted by Gasteiger charge is 2.04. The Morgan fingerprint density at radius 1 is 1.44 bits per heavy atom. The molecule has 0 aliphatic rings. The van der Waals surface area contributed by atoms with Crippen LogP contribution in [0, 0.1) is 0 Å². The van der Waals surface area contributed by atoms with E-state index in [1.165, 1.54) is 14.9 Å². The summed E-state index contributed by atoms with van der Waals surface area (Å²) in [6.45, 7) is 3.20. The van der Waals surface area contributed by atoms with Gasteiger partial charge in [0.15, 0.2) is 0 Å². The predicted molar refractivity (Wildman–Crippen MR) is 76.3 cm³/mol. The van der Waals surface area contributed by atoms with E-state index in [0.29, 0.717) is 6.04 Å². The van der Waals surface area contributed by atoms with Crippen LogP contribution < -0.4 is 5.32 Å². The molecule has 1 unspecified atom stereocenters. The van der Waals surface area contributed by atoms with E-state index in [1.54, 1.807) is 22.7 Å². The maximum absolute atomic E-state index is 3.54. The fourth-order valence-corrected chi connectivity index (χ4v) is 3.64. The molecular weight excluding hydrogens is 302 g/mol. The Morgan fingerprint density at radius 2 is 2.31 bits per heavy atom. The van der Waals surface area contributed by atoms with Crippen molar-refractivity contribution in [3.8, 4) is 0 Å². The number of nitrogens with one attached hydrogen (secondary N) is 1. The minimum Gasteiger partial charge on any atom is -0.309 e. The molecule has 2 rings (SSSR count). The lowest BCUT2D eigenvalue weighted by Crippen LogP contribution is -2.26. The summed E-state index contributed by atoms with van der Waals surface area (Å²) in [6, 6.07) is 4.90. The number of thiophene rings is 2. The molecule has 2 aromatic rings. The summed E-state index contributed by atoms with van der Waals surface area (Å²) in [5.41, 5.74) is 1.43. The normalized spacial score (nSPS) is 12.9. The van der Waals surface area contributed by atoms with Crippen molar-refractivity contribution in [2.24, 2.45) is 0 Å². The van der Waals surface area contributed by atoms with E-state index in [2.05, 4.69) is 56.4 Å². The third kappa shape index (κ3) is 3.70. The molecule has 1 N–H and O–H groups in total. The van der Waals surface area contributed by atoms with Gasteiger partial charge < -0.3 is 5.32 Å². The Kier molecular flexibility index (Phi) is 4.58. The van der Waals surface area contributed by atoms with Crippen molar-refractivity contribution < 1.29 is 0 Å². The van der Waals surface area contributed by atoms with Gasteiger partial charge >= 0.3 is 0 Å². The Bertz CT molecular complexity index is 422. The van der Waals surface area contributed by atoms with Gasteiger partial charge in [-0.05, 0) is 57.7 Å². The molecular formula is C12H14BrNS2. The molecule has 2 aromatic heterocycles. The third-order valence-electron chi connectivity index (χ3n) is 2.37. The van der Waals surface area contributed by atoms with Crippen LogP contribution in [0.25, 0.3) is 0 Å². The zero-order valence-corrected chi connectivity index (χ0v) is 12.3. The van der Waals surface area contributed by atoms with Gasteiger partial charge in [0, 0.05) is 27.3 Å². The molecule has 0 amide bonds. The fourth-order valence-electron chi connectivity index (χ4n) is 1.56. The summed E-state index contributed by atoms with van der Waals surface area (Å²) >= 11 is 7.03. The zero-order chi connectivity index (χ0) is 11.4. The zero-order valence-electron chi connectivity index (χ0n) is 9.07. The first kappa shape index (κ1) is 12.3. The number of hydrogen-bond donors (Lipinski definition) is 1. The lowest BCUT2D eigenvalue weighted by molar-refractivity contribution is 0.549.